The second-order valence-electron chi connectivity index (χ2n) is 5.96. The molecule has 0 heterocycles. The van der Waals surface area contributed by atoms with Crippen LogP contribution in [-0.2, 0) is 9.59 Å². The molecule has 1 aliphatic carbocycles. The molecule has 0 atom stereocenters. The molecular weight excluding hydrogens is 266 g/mol. The molecule has 0 aromatic heterocycles. The maximum atomic E-state index is 12.4. The van der Waals surface area contributed by atoms with Gasteiger partial charge in [-0.3, -0.25) is 4.79 Å². The van der Waals surface area contributed by atoms with E-state index in [2.05, 4.69) is 5.32 Å². The van der Waals surface area contributed by atoms with E-state index in [1.54, 1.807) is 6.08 Å². The van der Waals surface area contributed by atoms with Crippen LogP contribution in [0.1, 0.15) is 43.7 Å². The standard InChI is InChI=1S/C17H21NO3/c1-12-5-7-14(11-13(12)6-8-15(19)20)18-16(21)17(2)9-3-4-10-17/h5-8,11H,3-4,9-10H2,1-2H3,(H,18,21)(H,19,20)/b8-6+. The summed E-state index contributed by atoms with van der Waals surface area (Å²) in [5.41, 5.74) is 2.20. The fraction of sp³-hybridized carbons (Fsp3) is 0.412. The van der Waals surface area contributed by atoms with E-state index >= 15 is 0 Å². The summed E-state index contributed by atoms with van der Waals surface area (Å²) in [6.07, 6.45) is 6.71. The molecule has 1 saturated carbocycles. The van der Waals surface area contributed by atoms with Crippen LogP contribution in [0, 0.1) is 12.3 Å². The SMILES string of the molecule is Cc1ccc(NC(=O)C2(C)CCCC2)cc1/C=C/C(=O)O. The van der Waals surface area contributed by atoms with Crippen LogP contribution in [-0.4, -0.2) is 17.0 Å². The quantitative estimate of drug-likeness (QED) is 0.831. The van der Waals surface area contributed by atoms with E-state index < -0.39 is 5.97 Å². The summed E-state index contributed by atoms with van der Waals surface area (Å²) >= 11 is 0. The molecule has 0 bridgehead atoms. The van der Waals surface area contributed by atoms with Crippen LogP contribution in [0.25, 0.3) is 6.08 Å². The molecule has 1 aliphatic rings. The summed E-state index contributed by atoms with van der Waals surface area (Å²) < 4.78 is 0. The molecule has 1 amide bonds. The zero-order chi connectivity index (χ0) is 15.5. The molecule has 1 aromatic carbocycles. The van der Waals surface area contributed by atoms with Crippen molar-refractivity contribution < 1.29 is 14.7 Å². The number of carbonyl (C=O) groups excluding carboxylic acids is 1. The minimum absolute atomic E-state index is 0.0528. The van der Waals surface area contributed by atoms with Gasteiger partial charge in [-0.1, -0.05) is 25.8 Å². The van der Waals surface area contributed by atoms with Crippen molar-refractivity contribution in [1.82, 2.24) is 0 Å². The minimum atomic E-state index is -0.984. The molecule has 0 radical (unpaired) electrons. The van der Waals surface area contributed by atoms with Crippen molar-refractivity contribution in [2.24, 2.45) is 5.41 Å². The number of benzene rings is 1. The van der Waals surface area contributed by atoms with Crippen molar-refractivity contribution in [3.8, 4) is 0 Å². The average molecular weight is 287 g/mol. The molecule has 0 saturated heterocycles. The number of hydrogen-bond donors (Lipinski definition) is 2. The fourth-order valence-electron chi connectivity index (χ4n) is 2.72. The van der Waals surface area contributed by atoms with Crippen LogP contribution in [0.4, 0.5) is 5.69 Å². The van der Waals surface area contributed by atoms with E-state index in [1.807, 2.05) is 32.0 Å². The highest BCUT2D eigenvalue weighted by atomic mass is 16.4. The lowest BCUT2D eigenvalue weighted by molar-refractivity contribution is -0.131. The van der Waals surface area contributed by atoms with Gasteiger partial charge in [-0.15, -0.1) is 0 Å². The predicted molar refractivity (Wildman–Crippen MR) is 83.1 cm³/mol. The Bertz CT molecular complexity index is 584. The van der Waals surface area contributed by atoms with Crippen molar-refractivity contribution in [3.05, 3.63) is 35.4 Å². The Hall–Kier alpha value is -2.10. The largest absolute Gasteiger partial charge is 0.478 e. The predicted octanol–water partition coefficient (Wildman–Crippen LogP) is 3.61. The van der Waals surface area contributed by atoms with E-state index in [-0.39, 0.29) is 11.3 Å². The average Bonchev–Trinajstić information content (AvgIpc) is 2.87. The van der Waals surface area contributed by atoms with Crippen LogP contribution >= 0.6 is 0 Å². The molecule has 21 heavy (non-hydrogen) atoms. The highest BCUT2D eigenvalue weighted by molar-refractivity contribution is 5.95. The maximum absolute atomic E-state index is 12.4. The highest BCUT2D eigenvalue weighted by Crippen LogP contribution is 2.38. The number of aliphatic carboxylic acids is 1. The van der Waals surface area contributed by atoms with Gasteiger partial charge in [0.25, 0.3) is 0 Å². The summed E-state index contributed by atoms with van der Waals surface area (Å²) in [5, 5.41) is 11.7. The van der Waals surface area contributed by atoms with Crippen LogP contribution in [0.5, 0.6) is 0 Å². The van der Waals surface area contributed by atoms with Gasteiger partial charge in [-0.25, -0.2) is 4.79 Å². The lowest BCUT2D eigenvalue weighted by Crippen LogP contribution is -2.30. The Kier molecular flexibility index (Phi) is 4.46. The van der Waals surface area contributed by atoms with Gasteiger partial charge in [0.2, 0.25) is 5.91 Å². The number of rotatable bonds is 4. The maximum Gasteiger partial charge on any atom is 0.328 e. The van der Waals surface area contributed by atoms with Crippen LogP contribution in [0.3, 0.4) is 0 Å². The first kappa shape index (κ1) is 15.3. The summed E-state index contributed by atoms with van der Waals surface area (Å²) in [5.74, 6) is -0.931. The summed E-state index contributed by atoms with van der Waals surface area (Å²) in [4.78, 5) is 23.0. The van der Waals surface area contributed by atoms with E-state index in [0.717, 1.165) is 42.9 Å². The number of carboxylic acids is 1. The van der Waals surface area contributed by atoms with E-state index in [4.69, 9.17) is 5.11 Å². The number of amides is 1. The second kappa shape index (κ2) is 6.12. The molecule has 4 nitrogen and oxygen atoms in total. The van der Waals surface area contributed by atoms with E-state index in [0.29, 0.717) is 5.69 Å². The van der Waals surface area contributed by atoms with Gasteiger partial charge in [-0.2, -0.15) is 0 Å². The van der Waals surface area contributed by atoms with Crippen molar-refractivity contribution in [1.29, 1.82) is 0 Å². The van der Waals surface area contributed by atoms with Crippen molar-refractivity contribution in [3.63, 3.8) is 0 Å². The fourth-order valence-corrected chi connectivity index (χ4v) is 2.72. The van der Waals surface area contributed by atoms with Crippen molar-refractivity contribution in [2.45, 2.75) is 39.5 Å². The molecule has 2 N–H and O–H groups in total. The Morgan fingerprint density at radius 1 is 1.29 bits per heavy atom. The number of carbonyl (C=O) groups is 2. The van der Waals surface area contributed by atoms with Crippen molar-refractivity contribution in [2.75, 3.05) is 5.32 Å². The normalized spacial score (nSPS) is 17.0. The Balaban J connectivity index is 2.15. The smallest absolute Gasteiger partial charge is 0.328 e. The van der Waals surface area contributed by atoms with E-state index in [9.17, 15) is 9.59 Å². The third-order valence-electron chi connectivity index (χ3n) is 4.20. The van der Waals surface area contributed by atoms with Gasteiger partial charge in [0.05, 0.1) is 0 Å². The topological polar surface area (TPSA) is 66.4 Å². The summed E-state index contributed by atoms with van der Waals surface area (Å²) in [6, 6.07) is 5.54. The van der Waals surface area contributed by atoms with E-state index in [1.165, 1.54) is 0 Å². The van der Waals surface area contributed by atoms with Gasteiger partial charge >= 0.3 is 5.97 Å². The second-order valence-corrected chi connectivity index (χ2v) is 5.96. The van der Waals surface area contributed by atoms with Gasteiger partial charge < -0.3 is 10.4 Å². The molecule has 4 heteroatoms. The third kappa shape index (κ3) is 3.72. The number of nitrogens with one attached hydrogen (secondary N) is 1. The first-order chi connectivity index (χ1) is 9.90. The van der Waals surface area contributed by atoms with Crippen molar-refractivity contribution >= 4 is 23.6 Å². The molecule has 1 fully saturated rings. The summed E-state index contributed by atoms with van der Waals surface area (Å²) in [6.45, 7) is 3.92. The molecular formula is C17H21NO3. The Morgan fingerprint density at radius 2 is 1.95 bits per heavy atom. The number of aryl methyl sites for hydroxylation is 1. The lowest BCUT2D eigenvalue weighted by atomic mass is 9.87. The lowest BCUT2D eigenvalue weighted by Gasteiger charge is -2.22. The molecule has 2 rings (SSSR count). The van der Waals surface area contributed by atoms with Crippen LogP contribution < -0.4 is 5.32 Å². The minimum Gasteiger partial charge on any atom is -0.478 e. The first-order valence-electron chi connectivity index (χ1n) is 7.24. The van der Waals surface area contributed by atoms with Gasteiger partial charge in [0.15, 0.2) is 0 Å². The molecule has 0 unspecified atom stereocenters. The first-order valence-corrected chi connectivity index (χ1v) is 7.24. The van der Waals surface area contributed by atoms with Gasteiger partial charge in [-0.05, 0) is 49.1 Å². The molecule has 1 aromatic rings. The zero-order valence-electron chi connectivity index (χ0n) is 12.5. The number of hydrogen-bond acceptors (Lipinski definition) is 2. The van der Waals surface area contributed by atoms with Gasteiger partial charge in [0.1, 0.15) is 0 Å². The molecule has 112 valence electrons. The zero-order valence-corrected chi connectivity index (χ0v) is 12.5. The number of anilines is 1. The highest BCUT2D eigenvalue weighted by Gasteiger charge is 2.36. The molecule has 0 spiro atoms. The van der Waals surface area contributed by atoms with Crippen LogP contribution in [0.2, 0.25) is 0 Å². The summed E-state index contributed by atoms with van der Waals surface area (Å²) in [7, 11) is 0. The number of carboxylic acid groups (broad SMARTS) is 1. The molecule has 0 aliphatic heterocycles. The Labute approximate surface area is 124 Å². The van der Waals surface area contributed by atoms with Gasteiger partial charge in [0, 0.05) is 17.2 Å². The Morgan fingerprint density at radius 3 is 2.57 bits per heavy atom. The third-order valence-corrected chi connectivity index (χ3v) is 4.20. The van der Waals surface area contributed by atoms with Crippen LogP contribution in [0.15, 0.2) is 24.3 Å². The monoisotopic (exact) mass is 287 g/mol.